The van der Waals surface area contributed by atoms with Gasteiger partial charge in [0.15, 0.2) is 0 Å². The third-order valence-corrected chi connectivity index (χ3v) is 3.06. The number of nitrogens with zero attached hydrogens (tertiary/aromatic N) is 1. The maximum Gasteiger partial charge on any atom is 0.268 e. The number of benzene rings is 1. The number of nitrogens with two attached hydrogens (primary N) is 2. The van der Waals surface area contributed by atoms with Gasteiger partial charge in [-0.15, -0.1) is 11.3 Å². The summed E-state index contributed by atoms with van der Waals surface area (Å²) in [7, 11) is 0. The first-order valence-electron chi connectivity index (χ1n) is 4.73. The summed E-state index contributed by atoms with van der Waals surface area (Å²) in [5.41, 5.74) is 11.7. The van der Waals surface area contributed by atoms with Crippen molar-refractivity contribution in [1.29, 1.82) is 0 Å². The number of carbonyl (C=O) groups is 2. The van der Waals surface area contributed by atoms with Crippen molar-refractivity contribution < 1.29 is 9.59 Å². The molecule has 0 unspecified atom stereocenters. The topological polar surface area (TPSA) is 99.1 Å². The third kappa shape index (κ3) is 2.31. The van der Waals surface area contributed by atoms with Crippen LogP contribution in [0.15, 0.2) is 29.6 Å². The van der Waals surface area contributed by atoms with Crippen LogP contribution in [-0.2, 0) is 0 Å². The van der Waals surface area contributed by atoms with Crippen molar-refractivity contribution in [2.75, 3.05) is 0 Å². The summed E-state index contributed by atoms with van der Waals surface area (Å²) in [6.07, 6.45) is 0. The van der Waals surface area contributed by atoms with Crippen LogP contribution >= 0.6 is 11.3 Å². The van der Waals surface area contributed by atoms with Crippen molar-refractivity contribution in [1.82, 2.24) is 4.98 Å². The first kappa shape index (κ1) is 11.3. The highest BCUT2D eigenvalue weighted by Gasteiger charge is 2.09. The molecular formula is C11H9N3O2S. The fraction of sp³-hybridized carbons (Fsp3) is 0. The average molecular weight is 247 g/mol. The van der Waals surface area contributed by atoms with Gasteiger partial charge >= 0.3 is 0 Å². The molecule has 0 fully saturated rings. The molecule has 0 aliphatic heterocycles. The number of aromatic nitrogens is 1. The SMILES string of the molecule is NC(=O)c1ccc(-c2nc(C(N)=O)cs2)cc1. The van der Waals surface area contributed by atoms with Gasteiger partial charge < -0.3 is 11.5 Å². The van der Waals surface area contributed by atoms with E-state index in [1.54, 1.807) is 29.6 Å². The van der Waals surface area contributed by atoms with Gasteiger partial charge in [0.25, 0.3) is 5.91 Å². The van der Waals surface area contributed by atoms with E-state index in [1.807, 2.05) is 0 Å². The van der Waals surface area contributed by atoms with Crippen molar-refractivity contribution in [3.8, 4) is 10.6 Å². The van der Waals surface area contributed by atoms with Crippen LogP contribution in [0, 0.1) is 0 Å². The Labute approximate surface area is 101 Å². The first-order valence-corrected chi connectivity index (χ1v) is 5.61. The average Bonchev–Trinajstić information content (AvgIpc) is 2.78. The molecule has 0 spiro atoms. The first-order chi connectivity index (χ1) is 8.08. The molecule has 0 saturated heterocycles. The van der Waals surface area contributed by atoms with E-state index < -0.39 is 11.8 Å². The second-order valence-electron chi connectivity index (χ2n) is 3.34. The Balaban J connectivity index is 2.33. The summed E-state index contributed by atoms with van der Waals surface area (Å²) in [6.45, 7) is 0. The quantitative estimate of drug-likeness (QED) is 0.846. The van der Waals surface area contributed by atoms with Gasteiger partial charge in [-0.25, -0.2) is 4.98 Å². The van der Waals surface area contributed by atoms with Gasteiger partial charge in [-0.3, -0.25) is 9.59 Å². The fourth-order valence-electron chi connectivity index (χ4n) is 1.30. The van der Waals surface area contributed by atoms with E-state index in [9.17, 15) is 9.59 Å². The Morgan fingerprint density at radius 1 is 1.06 bits per heavy atom. The Morgan fingerprint density at radius 2 is 1.71 bits per heavy atom. The Bertz CT molecular complexity index is 575. The highest BCUT2D eigenvalue weighted by molar-refractivity contribution is 7.13. The van der Waals surface area contributed by atoms with Crippen LogP contribution in [0.1, 0.15) is 20.8 Å². The summed E-state index contributed by atoms with van der Waals surface area (Å²) in [5, 5.41) is 2.27. The predicted octanol–water partition coefficient (Wildman–Crippen LogP) is 1.01. The summed E-state index contributed by atoms with van der Waals surface area (Å²) in [5.74, 6) is -1.03. The zero-order chi connectivity index (χ0) is 12.4. The highest BCUT2D eigenvalue weighted by Crippen LogP contribution is 2.23. The lowest BCUT2D eigenvalue weighted by atomic mass is 10.1. The summed E-state index contributed by atoms with van der Waals surface area (Å²) in [4.78, 5) is 25.9. The minimum absolute atomic E-state index is 0.240. The van der Waals surface area contributed by atoms with Gasteiger partial charge in [-0.2, -0.15) is 0 Å². The molecule has 5 nitrogen and oxygen atoms in total. The normalized spacial score (nSPS) is 10.1. The molecule has 0 saturated carbocycles. The lowest BCUT2D eigenvalue weighted by molar-refractivity contribution is 0.0990. The van der Waals surface area contributed by atoms with Crippen LogP contribution in [0.25, 0.3) is 10.6 Å². The van der Waals surface area contributed by atoms with Crippen molar-refractivity contribution in [3.63, 3.8) is 0 Å². The molecule has 1 aromatic carbocycles. The predicted molar refractivity (Wildman–Crippen MR) is 64.6 cm³/mol. The summed E-state index contributed by atoms with van der Waals surface area (Å²) in [6, 6.07) is 6.68. The maximum absolute atomic E-state index is 10.9. The second-order valence-corrected chi connectivity index (χ2v) is 4.20. The molecule has 0 aliphatic carbocycles. The number of thiazole rings is 1. The minimum Gasteiger partial charge on any atom is -0.366 e. The number of hydrogen-bond donors (Lipinski definition) is 2. The maximum atomic E-state index is 10.9. The summed E-state index contributed by atoms with van der Waals surface area (Å²) >= 11 is 1.32. The van der Waals surface area contributed by atoms with E-state index in [0.717, 1.165) is 5.56 Å². The number of hydrogen-bond acceptors (Lipinski definition) is 4. The van der Waals surface area contributed by atoms with Gasteiger partial charge in [0.1, 0.15) is 10.7 Å². The van der Waals surface area contributed by atoms with E-state index in [2.05, 4.69) is 4.98 Å². The molecule has 4 N–H and O–H groups in total. The van der Waals surface area contributed by atoms with Crippen molar-refractivity contribution in [2.24, 2.45) is 11.5 Å². The van der Waals surface area contributed by atoms with Gasteiger partial charge in [0.05, 0.1) is 0 Å². The van der Waals surface area contributed by atoms with Crippen molar-refractivity contribution in [3.05, 3.63) is 40.9 Å². The number of amides is 2. The Kier molecular flexibility index (Phi) is 2.88. The molecule has 0 bridgehead atoms. The molecular weight excluding hydrogens is 238 g/mol. The summed E-state index contributed by atoms with van der Waals surface area (Å²) < 4.78 is 0. The minimum atomic E-state index is -0.554. The van der Waals surface area contributed by atoms with E-state index in [1.165, 1.54) is 11.3 Å². The monoisotopic (exact) mass is 247 g/mol. The molecule has 6 heteroatoms. The van der Waals surface area contributed by atoms with E-state index in [-0.39, 0.29) is 5.69 Å². The molecule has 0 radical (unpaired) electrons. The van der Waals surface area contributed by atoms with Crippen LogP contribution < -0.4 is 11.5 Å². The number of primary amides is 2. The van der Waals surface area contributed by atoms with Crippen LogP contribution in [0.5, 0.6) is 0 Å². The molecule has 2 rings (SSSR count). The molecule has 17 heavy (non-hydrogen) atoms. The Hall–Kier alpha value is -2.21. The molecule has 2 amide bonds. The van der Waals surface area contributed by atoms with Gasteiger partial charge in [0, 0.05) is 16.5 Å². The van der Waals surface area contributed by atoms with E-state index in [4.69, 9.17) is 11.5 Å². The highest BCUT2D eigenvalue weighted by atomic mass is 32.1. The van der Waals surface area contributed by atoms with Crippen LogP contribution in [0.3, 0.4) is 0 Å². The molecule has 86 valence electrons. The van der Waals surface area contributed by atoms with Crippen LogP contribution in [0.2, 0.25) is 0 Å². The lowest BCUT2D eigenvalue weighted by Crippen LogP contribution is -2.11. The van der Waals surface area contributed by atoms with Crippen molar-refractivity contribution in [2.45, 2.75) is 0 Å². The molecule has 1 aromatic heterocycles. The van der Waals surface area contributed by atoms with Crippen LogP contribution in [0.4, 0.5) is 0 Å². The number of rotatable bonds is 3. The molecule has 2 aromatic rings. The molecule has 1 heterocycles. The fourth-order valence-corrected chi connectivity index (χ4v) is 2.11. The standard InChI is InChI=1S/C11H9N3O2S/c12-9(15)6-1-3-7(4-2-6)11-14-8(5-17-11)10(13)16/h1-5H,(H2,12,15)(H2,13,16). The number of carbonyl (C=O) groups excluding carboxylic acids is 2. The smallest absolute Gasteiger partial charge is 0.268 e. The zero-order valence-corrected chi connectivity index (χ0v) is 9.53. The van der Waals surface area contributed by atoms with E-state index in [0.29, 0.717) is 10.6 Å². The zero-order valence-electron chi connectivity index (χ0n) is 8.71. The Morgan fingerprint density at radius 3 is 2.18 bits per heavy atom. The second kappa shape index (κ2) is 4.34. The van der Waals surface area contributed by atoms with Gasteiger partial charge in [-0.1, -0.05) is 12.1 Å². The largest absolute Gasteiger partial charge is 0.366 e. The van der Waals surface area contributed by atoms with E-state index >= 15 is 0 Å². The van der Waals surface area contributed by atoms with Crippen LogP contribution in [-0.4, -0.2) is 16.8 Å². The molecule has 0 atom stereocenters. The molecule has 0 aliphatic rings. The van der Waals surface area contributed by atoms with Gasteiger partial charge in [0.2, 0.25) is 5.91 Å². The van der Waals surface area contributed by atoms with Gasteiger partial charge in [-0.05, 0) is 12.1 Å². The lowest BCUT2D eigenvalue weighted by Gasteiger charge is -1.97. The van der Waals surface area contributed by atoms with Crippen molar-refractivity contribution >= 4 is 23.2 Å². The third-order valence-electron chi connectivity index (χ3n) is 2.17.